The van der Waals surface area contributed by atoms with Gasteiger partial charge in [0.05, 0.1) is 17.1 Å². The fraction of sp³-hybridized carbons (Fsp3) is 0.125. The molecule has 4 rings (SSSR count). The lowest BCUT2D eigenvalue weighted by Crippen LogP contribution is -2.13. The average Bonchev–Trinajstić information content (AvgIpc) is 3.51. The quantitative estimate of drug-likeness (QED) is 0.233. The van der Waals surface area contributed by atoms with Crippen LogP contribution in [-0.2, 0) is 0 Å². The second kappa shape index (κ2) is 9.85. The Hall–Kier alpha value is -3.69. The highest BCUT2D eigenvalue weighted by molar-refractivity contribution is 7.15. The smallest absolute Gasteiger partial charge is 0.286 e. The lowest BCUT2D eigenvalue weighted by Gasteiger charge is -1.98. The summed E-state index contributed by atoms with van der Waals surface area (Å²) in [6.45, 7) is 9.54. The first-order chi connectivity index (χ1) is 16.0. The van der Waals surface area contributed by atoms with Gasteiger partial charge in [0.1, 0.15) is 0 Å². The molecule has 0 fully saturated rings. The van der Waals surface area contributed by atoms with Crippen molar-refractivity contribution in [3.05, 3.63) is 93.2 Å². The monoisotopic (exact) mass is 474 g/mol. The van der Waals surface area contributed by atoms with E-state index in [2.05, 4.69) is 31.9 Å². The molecule has 0 saturated carbocycles. The van der Waals surface area contributed by atoms with E-state index in [1.54, 1.807) is 6.08 Å². The van der Waals surface area contributed by atoms with Crippen molar-refractivity contribution in [2.45, 2.75) is 20.8 Å². The number of hydrogen-bond donors (Lipinski definition) is 1. The number of aromatic amines is 1. The van der Waals surface area contributed by atoms with Gasteiger partial charge in [0.25, 0.3) is 0 Å². The Morgan fingerprint density at radius 2 is 1.94 bits per heavy atom. The predicted octanol–water partition coefficient (Wildman–Crippen LogP) is 6.92. The van der Waals surface area contributed by atoms with Gasteiger partial charge >= 0.3 is 5.56 Å². The van der Waals surface area contributed by atoms with Gasteiger partial charge in [-0.25, -0.2) is 9.97 Å². The molecule has 3 heterocycles. The maximum atomic E-state index is 13.3. The standard InChI is InChI=1S/C24H22N6OS2/c1-5-6-8-11-15(2)19-14-32-24(26-19)30-22(31)21(20(29-30)18-12-9-7-10-13-18)27-28-23-25-16(3)17(4)33-23/h5-14,29H,1H2,2-4H3/b8-6-,15-11+,28-27?. The second-order valence-electron chi connectivity index (χ2n) is 7.17. The largest absolute Gasteiger partial charge is 0.301 e. The predicted molar refractivity (Wildman–Crippen MR) is 136 cm³/mol. The van der Waals surface area contributed by atoms with Crippen molar-refractivity contribution < 1.29 is 0 Å². The van der Waals surface area contributed by atoms with Gasteiger partial charge in [0.15, 0.2) is 5.69 Å². The summed E-state index contributed by atoms with van der Waals surface area (Å²) < 4.78 is 1.41. The summed E-state index contributed by atoms with van der Waals surface area (Å²) in [5, 5.41) is 14.7. The summed E-state index contributed by atoms with van der Waals surface area (Å²) in [7, 11) is 0. The SMILES string of the molecule is C=C/C=C\C=C(/C)c1csc(-n2[nH]c(-c3ccccc3)c(N=Nc3nc(C)c(C)s3)c2=O)n1. The molecule has 1 N–H and O–H groups in total. The lowest BCUT2D eigenvalue weighted by atomic mass is 10.1. The van der Waals surface area contributed by atoms with Crippen molar-refractivity contribution in [1.29, 1.82) is 0 Å². The van der Waals surface area contributed by atoms with Crippen LogP contribution < -0.4 is 5.56 Å². The van der Waals surface area contributed by atoms with Crippen LogP contribution in [0.5, 0.6) is 0 Å². The molecule has 0 atom stereocenters. The maximum Gasteiger partial charge on any atom is 0.301 e. The fourth-order valence-electron chi connectivity index (χ4n) is 2.97. The summed E-state index contributed by atoms with van der Waals surface area (Å²) in [5.74, 6) is 0. The molecule has 0 radical (unpaired) electrons. The normalized spacial score (nSPS) is 12.3. The molecular weight excluding hydrogens is 452 g/mol. The summed E-state index contributed by atoms with van der Waals surface area (Å²) in [4.78, 5) is 23.4. The van der Waals surface area contributed by atoms with Crippen LogP contribution in [0, 0.1) is 13.8 Å². The third kappa shape index (κ3) is 4.89. The zero-order valence-corrected chi connectivity index (χ0v) is 20.1. The van der Waals surface area contributed by atoms with Crippen molar-refractivity contribution >= 4 is 39.1 Å². The van der Waals surface area contributed by atoms with Crippen LogP contribution in [-0.4, -0.2) is 19.7 Å². The van der Waals surface area contributed by atoms with E-state index < -0.39 is 0 Å². The molecule has 0 spiro atoms. The number of H-pyrrole nitrogens is 1. The number of azo groups is 1. The summed E-state index contributed by atoms with van der Waals surface area (Å²) in [6, 6.07) is 9.57. The van der Waals surface area contributed by atoms with Gasteiger partial charge in [0.2, 0.25) is 10.3 Å². The highest BCUT2D eigenvalue weighted by atomic mass is 32.1. The van der Waals surface area contributed by atoms with Crippen LogP contribution in [0.4, 0.5) is 10.8 Å². The van der Waals surface area contributed by atoms with E-state index >= 15 is 0 Å². The highest BCUT2D eigenvalue weighted by Gasteiger charge is 2.19. The van der Waals surface area contributed by atoms with E-state index in [0.29, 0.717) is 16.0 Å². The van der Waals surface area contributed by atoms with Crippen molar-refractivity contribution in [2.24, 2.45) is 10.2 Å². The van der Waals surface area contributed by atoms with Gasteiger partial charge < -0.3 is 0 Å². The Bertz CT molecular complexity index is 1410. The van der Waals surface area contributed by atoms with E-state index in [0.717, 1.165) is 27.4 Å². The van der Waals surface area contributed by atoms with Gasteiger partial charge in [-0.3, -0.25) is 9.89 Å². The molecule has 0 aliphatic carbocycles. The molecule has 1 aromatic carbocycles. The summed E-state index contributed by atoms with van der Waals surface area (Å²) in [6.07, 6.45) is 7.41. The Labute approximate surface area is 199 Å². The van der Waals surface area contributed by atoms with E-state index in [4.69, 9.17) is 0 Å². The van der Waals surface area contributed by atoms with E-state index in [1.165, 1.54) is 27.4 Å². The maximum absolute atomic E-state index is 13.3. The van der Waals surface area contributed by atoms with Crippen LogP contribution in [0.15, 0.2) is 81.6 Å². The fourth-order valence-corrected chi connectivity index (χ4v) is 4.54. The molecule has 33 heavy (non-hydrogen) atoms. The van der Waals surface area contributed by atoms with Crippen molar-refractivity contribution in [3.8, 4) is 16.4 Å². The van der Waals surface area contributed by atoms with Crippen molar-refractivity contribution in [1.82, 2.24) is 19.7 Å². The number of rotatable bonds is 7. The van der Waals surface area contributed by atoms with Crippen molar-refractivity contribution in [3.63, 3.8) is 0 Å². The molecule has 0 aliphatic rings. The number of aromatic nitrogens is 4. The molecule has 7 nitrogen and oxygen atoms in total. The Morgan fingerprint density at radius 1 is 1.15 bits per heavy atom. The van der Waals surface area contributed by atoms with E-state index in [1.807, 2.05) is 74.7 Å². The first-order valence-electron chi connectivity index (χ1n) is 10.2. The molecule has 0 aliphatic heterocycles. The molecule has 0 amide bonds. The van der Waals surface area contributed by atoms with Crippen LogP contribution in [0.1, 0.15) is 23.2 Å². The molecule has 3 aromatic heterocycles. The average molecular weight is 475 g/mol. The first-order valence-corrected chi connectivity index (χ1v) is 11.9. The Kier molecular flexibility index (Phi) is 6.71. The Balaban J connectivity index is 1.78. The van der Waals surface area contributed by atoms with Gasteiger partial charge in [-0.15, -0.1) is 21.6 Å². The molecule has 0 saturated heterocycles. The van der Waals surface area contributed by atoms with Crippen LogP contribution in [0.2, 0.25) is 0 Å². The zero-order valence-electron chi connectivity index (χ0n) is 18.4. The number of nitrogens with zero attached hydrogens (tertiary/aromatic N) is 5. The molecule has 4 aromatic rings. The number of thiazole rings is 2. The van der Waals surface area contributed by atoms with Gasteiger partial charge in [-0.1, -0.05) is 72.6 Å². The minimum Gasteiger partial charge on any atom is -0.286 e. The topological polar surface area (TPSA) is 88.3 Å². The number of aryl methyl sites for hydroxylation is 2. The molecule has 0 unspecified atom stereocenters. The molecule has 9 heteroatoms. The number of allylic oxidation sites excluding steroid dienone is 5. The Morgan fingerprint density at radius 3 is 2.64 bits per heavy atom. The number of nitrogens with one attached hydrogen (secondary N) is 1. The minimum atomic E-state index is -0.323. The minimum absolute atomic E-state index is 0.213. The number of hydrogen-bond acceptors (Lipinski definition) is 7. The zero-order chi connectivity index (χ0) is 23.4. The molecular formula is C24H22N6OS2. The lowest BCUT2D eigenvalue weighted by molar-refractivity contribution is 0.841. The van der Waals surface area contributed by atoms with Crippen molar-refractivity contribution in [2.75, 3.05) is 0 Å². The first kappa shape index (κ1) is 22.5. The van der Waals surface area contributed by atoms with E-state index in [-0.39, 0.29) is 11.2 Å². The van der Waals surface area contributed by atoms with Crippen LogP contribution in [0.3, 0.4) is 0 Å². The van der Waals surface area contributed by atoms with E-state index in [9.17, 15) is 4.79 Å². The second-order valence-corrected chi connectivity index (χ2v) is 9.18. The highest BCUT2D eigenvalue weighted by Crippen LogP contribution is 2.30. The molecule has 0 bridgehead atoms. The molecule has 166 valence electrons. The van der Waals surface area contributed by atoms with Gasteiger partial charge in [-0.05, 0) is 26.3 Å². The summed E-state index contributed by atoms with van der Waals surface area (Å²) >= 11 is 2.81. The summed E-state index contributed by atoms with van der Waals surface area (Å²) in [5.41, 5.74) is 3.98. The van der Waals surface area contributed by atoms with Gasteiger partial charge in [-0.2, -0.15) is 4.68 Å². The number of benzene rings is 1. The van der Waals surface area contributed by atoms with Crippen LogP contribution >= 0.6 is 22.7 Å². The van der Waals surface area contributed by atoms with Gasteiger partial charge in [0, 0.05) is 15.8 Å². The van der Waals surface area contributed by atoms with Crippen LogP contribution in [0.25, 0.3) is 22.0 Å². The third-order valence-corrected chi connectivity index (χ3v) is 6.65. The third-order valence-electron chi connectivity index (χ3n) is 4.86.